The van der Waals surface area contributed by atoms with Gasteiger partial charge in [-0.3, -0.25) is 4.68 Å². The lowest BCUT2D eigenvalue weighted by Crippen LogP contribution is -2.25. The molecule has 0 saturated carbocycles. The van der Waals surface area contributed by atoms with Crippen molar-refractivity contribution in [3.8, 4) is 0 Å². The molecule has 0 bridgehead atoms. The second kappa shape index (κ2) is 5.21. The molecule has 17 heavy (non-hydrogen) atoms. The summed E-state index contributed by atoms with van der Waals surface area (Å²) in [5.74, 6) is 0. The summed E-state index contributed by atoms with van der Waals surface area (Å²) >= 11 is 0. The van der Waals surface area contributed by atoms with Gasteiger partial charge in [-0.25, -0.2) is 0 Å². The SMILES string of the molecule is Cc1nn(C)c(C)c1CC(N)CCC(C)(C)C. The number of rotatable bonds is 4. The van der Waals surface area contributed by atoms with E-state index >= 15 is 0 Å². The van der Waals surface area contributed by atoms with Crippen molar-refractivity contribution >= 4 is 0 Å². The molecule has 0 aromatic carbocycles. The smallest absolute Gasteiger partial charge is 0.0628 e. The summed E-state index contributed by atoms with van der Waals surface area (Å²) in [5.41, 5.74) is 10.3. The van der Waals surface area contributed by atoms with Gasteiger partial charge < -0.3 is 5.73 Å². The first-order valence-electron chi connectivity index (χ1n) is 6.45. The van der Waals surface area contributed by atoms with Crippen LogP contribution >= 0.6 is 0 Å². The number of nitrogens with two attached hydrogens (primary N) is 1. The Balaban J connectivity index is 2.59. The van der Waals surface area contributed by atoms with Gasteiger partial charge in [0.1, 0.15) is 0 Å². The van der Waals surface area contributed by atoms with E-state index < -0.39 is 0 Å². The minimum atomic E-state index is 0.246. The van der Waals surface area contributed by atoms with Gasteiger partial charge in [0.2, 0.25) is 0 Å². The molecule has 1 rings (SSSR count). The Kier molecular flexibility index (Phi) is 4.36. The average Bonchev–Trinajstić information content (AvgIpc) is 2.41. The third-order valence-electron chi connectivity index (χ3n) is 3.39. The Morgan fingerprint density at radius 1 is 1.29 bits per heavy atom. The summed E-state index contributed by atoms with van der Waals surface area (Å²) in [6.45, 7) is 11.0. The van der Waals surface area contributed by atoms with E-state index in [-0.39, 0.29) is 6.04 Å². The molecule has 0 aliphatic heterocycles. The Labute approximate surface area is 105 Å². The van der Waals surface area contributed by atoms with E-state index in [2.05, 4.69) is 39.7 Å². The molecule has 0 aliphatic rings. The highest BCUT2D eigenvalue weighted by molar-refractivity contribution is 5.25. The minimum Gasteiger partial charge on any atom is -0.327 e. The highest BCUT2D eigenvalue weighted by atomic mass is 15.3. The molecule has 0 aliphatic carbocycles. The van der Waals surface area contributed by atoms with E-state index in [1.54, 1.807) is 0 Å². The second-order valence-electron chi connectivity index (χ2n) is 6.34. The molecular weight excluding hydrogens is 210 g/mol. The maximum atomic E-state index is 6.22. The third kappa shape index (κ3) is 4.15. The van der Waals surface area contributed by atoms with Crippen molar-refractivity contribution in [3.05, 3.63) is 17.0 Å². The van der Waals surface area contributed by atoms with Crippen LogP contribution in [0.2, 0.25) is 0 Å². The summed E-state index contributed by atoms with van der Waals surface area (Å²) in [7, 11) is 1.99. The van der Waals surface area contributed by atoms with Gasteiger partial charge in [0.05, 0.1) is 5.69 Å². The van der Waals surface area contributed by atoms with Gasteiger partial charge in [-0.05, 0) is 44.1 Å². The van der Waals surface area contributed by atoms with Crippen LogP contribution in [0, 0.1) is 19.3 Å². The zero-order valence-electron chi connectivity index (χ0n) is 12.2. The van der Waals surface area contributed by atoms with Crippen molar-refractivity contribution < 1.29 is 0 Å². The van der Waals surface area contributed by atoms with Gasteiger partial charge >= 0.3 is 0 Å². The van der Waals surface area contributed by atoms with Gasteiger partial charge in [0, 0.05) is 18.8 Å². The van der Waals surface area contributed by atoms with Crippen LogP contribution < -0.4 is 5.73 Å². The Hall–Kier alpha value is -0.830. The van der Waals surface area contributed by atoms with E-state index in [9.17, 15) is 0 Å². The fraction of sp³-hybridized carbons (Fsp3) is 0.786. The summed E-state index contributed by atoms with van der Waals surface area (Å²) < 4.78 is 1.95. The van der Waals surface area contributed by atoms with Crippen LogP contribution in [-0.2, 0) is 13.5 Å². The van der Waals surface area contributed by atoms with Crippen LogP contribution in [0.5, 0.6) is 0 Å². The average molecular weight is 237 g/mol. The standard InChI is InChI=1S/C14H27N3/c1-10-13(11(2)17(6)16-10)9-12(15)7-8-14(3,4)5/h12H,7-9,15H2,1-6H3. The summed E-state index contributed by atoms with van der Waals surface area (Å²) in [6, 6.07) is 0.246. The number of nitrogens with zero attached hydrogens (tertiary/aromatic N) is 2. The fourth-order valence-electron chi connectivity index (χ4n) is 2.10. The number of aromatic nitrogens is 2. The largest absolute Gasteiger partial charge is 0.327 e. The second-order valence-corrected chi connectivity index (χ2v) is 6.34. The van der Waals surface area contributed by atoms with Crippen molar-refractivity contribution in [1.82, 2.24) is 9.78 Å². The maximum absolute atomic E-state index is 6.22. The molecule has 1 heterocycles. The monoisotopic (exact) mass is 237 g/mol. The molecule has 1 unspecified atom stereocenters. The lowest BCUT2D eigenvalue weighted by molar-refractivity contribution is 0.347. The molecule has 3 heteroatoms. The molecule has 0 saturated heterocycles. The summed E-state index contributed by atoms with van der Waals surface area (Å²) in [4.78, 5) is 0. The van der Waals surface area contributed by atoms with E-state index in [0.717, 1.165) is 18.5 Å². The molecule has 98 valence electrons. The van der Waals surface area contributed by atoms with Crippen molar-refractivity contribution in [2.45, 2.75) is 59.9 Å². The minimum absolute atomic E-state index is 0.246. The van der Waals surface area contributed by atoms with Crippen LogP contribution in [0.4, 0.5) is 0 Å². The predicted octanol–water partition coefficient (Wildman–Crippen LogP) is 2.73. The highest BCUT2D eigenvalue weighted by Gasteiger charge is 2.16. The molecule has 1 aromatic rings. The molecule has 2 N–H and O–H groups in total. The van der Waals surface area contributed by atoms with Crippen molar-refractivity contribution in [3.63, 3.8) is 0 Å². The number of hydrogen-bond donors (Lipinski definition) is 1. The molecule has 0 amide bonds. The molecule has 0 radical (unpaired) electrons. The maximum Gasteiger partial charge on any atom is 0.0628 e. The van der Waals surface area contributed by atoms with Gasteiger partial charge in [-0.1, -0.05) is 20.8 Å². The third-order valence-corrected chi connectivity index (χ3v) is 3.39. The Bertz CT molecular complexity index is 372. The first kappa shape index (κ1) is 14.2. The zero-order valence-corrected chi connectivity index (χ0v) is 12.2. The van der Waals surface area contributed by atoms with E-state index in [1.807, 2.05) is 11.7 Å². The number of hydrogen-bond acceptors (Lipinski definition) is 2. The molecule has 0 spiro atoms. The molecule has 3 nitrogen and oxygen atoms in total. The van der Waals surface area contributed by atoms with E-state index in [4.69, 9.17) is 5.73 Å². The Morgan fingerprint density at radius 3 is 2.29 bits per heavy atom. The first-order valence-corrected chi connectivity index (χ1v) is 6.45. The van der Waals surface area contributed by atoms with Crippen LogP contribution in [0.25, 0.3) is 0 Å². The lowest BCUT2D eigenvalue weighted by Gasteiger charge is -2.21. The molecule has 0 fully saturated rings. The Morgan fingerprint density at radius 2 is 1.88 bits per heavy atom. The topological polar surface area (TPSA) is 43.8 Å². The van der Waals surface area contributed by atoms with Crippen LogP contribution in [-0.4, -0.2) is 15.8 Å². The molecule has 1 aromatic heterocycles. The highest BCUT2D eigenvalue weighted by Crippen LogP contribution is 2.23. The quantitative estimate of drug-likeness (QED) is 0.875. The molecule has 1 atom stereocenters. The summed E-state index contributed by atoms with van der Waals surface area (Å²) in [6.07, 6.45) is 3.20. The van der Waals surface area contributed by atoms with Crippen LogP contribution in [0.1, 0.15) is 50.6 Å². The van der Waals surface area contributed by atoms with Crippen LogP contribution in [0.3, 0.4) is 0 Å². The van der Waals surface area contributed by atoms with Crippen molar-refractivity contribution in [2.75, 3.05) is 0 Å². The van der Waals surface area contributed by atoms with Gasteiger partial charge in [-0.2, -0.15) is 5.10 Å². The van der Waals surface area contributed by atoms with E-state index in [0.29, 0.717) is 5.41 Å². The van der Waals surface area contributed by atoms with Gasteiger partial charge in [-0.15, -0.1) is 0 Å². The zero-order chi connectivity index (χ0) is 13.2. The summed E-state index contributed by atoms with van der Waals surface area (Å²) in [5, 5.41) is 4.43. The number of aryl methyl sites for hydroxylation is 2. The normalized spacial score (nSPS) is 14.1. The lowest BCUT2D eigenvalue weighted by atomic mass is 9.87. The van der Waals surface area contributed by atoms with Crippen molar-refractivity contribution in [1.29, 1.82) is 0 Å². The predicted molar refractivity (Wildman–Crippen MR) is 73.1 cm³/mol. The van der Waals surface area contributed by atoms with Gasteiger partial charge in [0.25, 0.3) is 0 Å². The first-order chi connectivity index (χ1) is 7.70. The molecular formula is C14H27N3. The van der Waals surface area contributed by atoms with Gasteiger partial charge in [0.15, 0.2) is 0 Å². The fourth-order valence-corrected chi connectivity index (χ4v) is 2.10. The van der Waals surface area contributed by atoms with Crippen LogP contribution in [0.15, 0.2) is 0 Å². The van der Waals surface area contributed by atoms with Crippen molar-refractivity contribution in [2.24, 2.45) is 18.2 Å². The van der Waals surface area contributed by atoms with E-state index in [1.165, 1.54) is 17.7 Å².